The first-order valence-corrected chi connectivity index (χ1v) is 10.6. The third kappa shape index (κ3) is 3.90. The van der Waals surface area contributed by atoms with Gasteiger partial charge in [0.2, 0.25) is 5.91 Å². The number of nitrogens with zero attached hydrogens (tertiary/aromatic N) is 8. The van der Waals surface area contributed by atoms with Gasteiger partial charge < -0.3 is 4.90 Å². The number of anilines is 2. The molecule has 9 nitrogen and oxygen atoms in total. The molecule has 1 spiro atoms. The van der Waals surface area contributed by atoms with Crippen molar-refractivity contribution in [1.82, 2.24) is 29.7 Å². The first-order valence-electron chi connectivity index (χ1n) is 10.6. The van der Waals surface area contributed by atoms with E-state index in [4.69, 9.17) is 0 Å². The number of carbonyl (C=O) groups excluding carboxylic acids is 1. The average Bonchev–Trinajstić information content (AvgIpc) is 3.34. The third-order valence-corrected chi connectivity index (χ3v) is 6.41. The van der Waals surface area contributed by atoms with Gasteiger partial charge in [0.25, 0.3) is 6.43 Å². The topological polar surface area (TPSA) is 92.9 Å². The highest BCUT2D eigenvalue weighted by molar-refractivity contribution is 5.99. The van der Waals surface area contributed by atoms with Gasteiger partial charge in [0.05, 0.1) is 30.2 Å². The highest BCUT2D eigenvalue weighted by atomic mass is 19.4. The molecule has 0 N–H and O–H groups in total. The van der Waals surface area contributed by atoms with E-state index in [1.54, 1.807) is 6.20 Å². The van der Waals surface area contributed by atoms with E-state index in [-0.39, 0.29) is 17.4 Å². The summed E-state index contributed by atoms with van der Waals surface area (Å²) in [6.45, 7) is 0.738. The van der Waals surface area contributed by atoms with Crippen molar-refractivity contribution in [3.8, 4) is 0 Å². The van der Waals surface area contributed by atoms with Crippen LogP contribution in [0.2, 0.25) is 0 Å². The third-order valence-electron chi connectivity index (χ3n) is 6.41. The second kappa shape index (κ2) is 8.09. The van der Waals surface area contributed by atoms with Crippen LogP contribution in [0.1, 0.15) is 25.0 Å². The molecule has 2 fully saturated rings. The Labute approximate surface area is 189 Å². The minimum atomic E-state index is -4.60. The largest absolute Gasteiger partial charge is 0.434 e. The molecule has 5 heterocycles. The lowest BCUT2D eigenvalue weighted by molar-refractivity contribution is -0.141. The molecule has 2 aliphatic rings. The van der Waals surface area contributed by atoms with Crippen molar-refractivity contribution in [3.05, 3.63) is 30.5 Å². The molecule has 3 aromatic rings. The summed E-state index contributed by atoms with van der Waals surface area (Å²) in [5.74, 6) is 0.424. The molecule has 5 rings (SSSR count). The molecule has 1 amide bonds. The van der Waals surface area contributed by atoms with Crippen LogP contribution in [-0.2, 0) is 17.5 Å². The van der Waals surface area contributed by atoms with Crippen LogP contribution in [0.3, 0.4) is 0 Å². The van der Waals surface area contributed by atoms with Gasteiger partial charge in [-0.15, -0.1) is 0 Å². The minimum absolute atomic E-state index is 0.0981. The maximum atomic E-state index is 13.2. The fraction of sp³-hybridized carbons (Fsp3) is 0.500. The molecule has 0 saturated carbocycles. The molecule has 0 atom stereocenters. The molecule has 14 heteroatoms. The smallest absolute Gasteiger partial charge is 0.355 e. The maximum Gasteiger partial charge on any atom is 0.434 e. The first kappa shape index (κ1) is 22.3. The summed E-state index contributed by atoms with van der Waals surface area (Å²) in [6.07, 6.45) is -1.07. The molecule has 2 saturated heterocycles. The fourth-order valence-corrected chi connectivity index (χ4v) is 4.53. The molecule has 34 heavy (non-hydrogen) atoms. The number of fused-ring (bicyclic) bond motifs is 1. The molecule has 3 aromatic heterocycles. The summed E-state index contributed by atoms with van der Waals surface area (Å²) >= 11 is 0. The Kier molecular flexibility index (Phi) is 5.32. The second-order valence-electron chi connectivity index (χ2n) is 8.39. The maximum absolute atomic E-state index is 13.2. The number of alkyl halides is 5. The van der Waals surface area contributed by atoms with Crippen molar-refractivity contribution in [2.24, 2.45) is 5.41 Å². The lowest BCUT2D eigenvalue weighted by atomic mass is 9.77. The molecule has 0 aromatic carbocycles. The van der Waals surface area contributed by atoms with E-state index < -0.39 is 30.3 Å². The van der Waals surface area contributed by atoms with Gasteiger partial charge in [0.1, 0.15) is 17.9 Å². The molecule has 0 radical (unpaired) electrons. The highest BCUT2D eigenvalue weighted by Crippen LogP contribution is 2.43. The van der Waals surface area contributed by atoms with Crippen molar-refractivity contribution in [1.29, 1.82) is 0 Å². The average molecular weight is 482 g/mol. The van der Waals surface area contributed by atoms with Crippen LogP contribution in [0, 0.1) is 5.41 Å². The Morgan fingerprint density at radius 2 is 1.65 bits per heavy atom. The standard InChI is InChI=1S/C20H19F5N8O/c21-14(22)11-33-17-12(7-29-33)26-10-16(30-17)31-4-1-19(2-5-31)3-6-32(18(19)34)15-9-27-13(8-28-15)20(23,24)25/h7-10,14H,1-6,11H2. The SMILES string of the molecule is O=C1N(c2cnc(C(F)(F)F)cn2)CCC12CCN(c1cnc3cnn(CC(F)F)c3n1)CC2. The number of rotatable bonds is 4. The van der Waals surface area contributed by atoms with Crippen molar-refractivity contribution < 1.29 is 26.7 Å². The number of amides is 1. The summed E-state index contributed by atoms with van der Waals surface area (Å²) < 4.78 is 65.0. The first-order chi connectivity index (χ1) is 16.2. The second-order valence-corrected chi connectivity index (χ2v) is 8.39. The Hall–Kier alpha value is -3.45. The summed E-state index contributed by atoms with van der Waals surface area (Å²) in [6, 6.07) is 0. The number of hydrogen-bond acceptors (Lipinski definition) is 7. The van der Waals surface area contributed by atoms with Crippen LogP contribution >= 0.6 is 0 Å². The van der Waals surface area contributed by atoms with E-state index in [1.807, 2.05) is 4.90 Å². The zero-order chi connectivity index (χ0) is 24.1. The van der Waals surface area contributed by atoms with Crippen molar-refractivity contribution in [2.75, 3.05) is 29.4 Å². The van der Waals surface area contributed by atoms with E-state index in [0.717, 1.165) is 10.9 Å². The van der Waals surface area contributed by atoms with E-state index in [0.29, 0.717) is 56.4 Å². The minimum Gasteiger partial charge on any atom is -0.355 e. The van der Waals surface area contributed by atoms with Gasteiger partial charge in [-0.1, -0.05) is 0 Å². The lowest BCUT2D eigenvalue weighted by Crippen LogP contribution is -2.45. The van der Waals surface area contributed by atoms with Crippen LogP contribution in [0.5, 0.6) is 0 Å². The predicted molar refractivity (Wildman–Crippen MR) is 109 cm³/mol. The molecule has 0 aliphatic carbocycles. The predicted octanol–water partition coefficient (Wildman–Crippen LogP) is 2.92. The number of aromatic nitrogens is 6. The van der Waals surface area contributed by atoms with Crippen molar-refractivity contribution in [2.45, 2.75) is 38.4 Å². The van der Waals surface area contributed by atoms with Crippen LogP contribution in [0.25, 0.3) is 11.2 Å². The Morgan fingerprint density at radius 1 is 0.941 bits per heavy atom. The van der Waals surface area contributed by atoms with Gasteiger partial charge in [-0.25, -0.2) is 33.4 Å². The summed E-state index contributed by atoms with van der Waals surface area (Å²) in [5.41, 5.74) is -1.08. The zero-order valence-electron chi connectivity index (χ0n) is 17.7. The molecule has 2 aliphatic heterocycles. The summed E-state index contributed by atoms with van der Waals surface area (Å²) in [4.78, 5) is 32.5. The molecule has 0 bridgehead atoms. The van der Waals surface area contributed by atoms with Crippen molar-refractivity contribution in [3.63, 3.8) is 0 Å². The van der Waals surface area contributed by atoms with Gasteiger partial charge in [-0.3, -0.25) is 9.69 Å². The highest BCUT2D eigenvalue weighted by Gasteiger charge is 2.49. The normalized spacial score (nSPS) is 18.6. The van der Waals surface area contributed by atoms with Gasteiger partial charge in [-0.05, 0) is 19.3 Å². The summed E-state index contributed by atoms with van der Waals surface area (Å²) in [5, 5.41) is 3.92. The van der Waals surface area contributed by atoms with E-state index >= 15 is 0 Å². The molecule has 180 valence electrons. The van der Waals surface area contributed by atoms with Crippen LogP contribution in [-0.4, -0.2) is 61.7 Å². The Bertz CT molecular complexity index is 1200. The Balaban J connectivity index is 1.29. The van der Waals surface area contributed by atoms with Crippen molar-refractivity contribution >= 4 is 28.7 Å². The summed E-state index contributed by atoms with van der Waals surface area (Å²) in [7, 11) is 0. The van der Waals surface area contributed by atoms with Gasteiger partial charge in [0, 0.05) is 19.6 Å². The van der Waals surface area contributed by atoms with Crippen LogP contribution < -0.4 is 9.80 Å². The monoisotopic (exact) mass is 482 g/mol. The van der Waals surface area contributed by atoms with Gasteiger partial charge in [0.15, 0.2) is 17.2 Å². The Morgan fingerprint density at radius 3 is 2.29 bits per heavy atom. The number of halogens is 5. The van der Waals surface area contributed by atoms with Gasteiger partial charge >= 0.3 is 6.18 Å². The van der Waals surface area contributed by atoms with E-state index in [9.17, 15) is 26.7 Å². The fourth-order valence-electron chi connectivity index (χ4n) is 4.53. The molecule has 0 unspecified atom stereocenters. The van der Waals surface area contributed by atoms with E-state index in [1.165, 1.54) is 11.1 Å². The van der Waals surface area contributed by atoms with Crippen LogP contribution in [0.15, 0.2) is 24.8 Å². The number of piperidine rings is 1. The number of hydrogen-bond donors (Lipinski definition) is 0. The molecular formula is C20H19F5N8O. The molecular weight excluding hydrogens is 463 g/mol. The van der Waals surface area contributed by atoms with Crippen LogP contribution in [0.4, 0.5) is 33.6 Å². The van der Waals surface area contributed by atoms with E-state index in [2.05, 4.69) is 25.0 Å². The van der Waals surface area contributed by atoms with Gasteiger partial charge in [-0.2, -0.15) is 18.3 Å². The zero-order valence-corrected chi connectivity index (χ0v) is 17.7. The quantitative estimate of drug-likeness (QED) is 0.528. The number of carbonyl (C=O) groups is 1. The lowest BCUT2D eigenvalue weighted by Gasteiger charge is -2.38.